The van der Waals surface area contributed by atoms with Crippen molar-refractivity contribution in [2.75, 3.05) is 13.6 Å². The third-order valence-electron chi connectivity index (χ3n) is 5.12. The molecule has 1 aliphatic carbocycles. The van der Waals surface area contributed by atoms with Crippen LogP contribution in [0.15, 0.2) is 29.2 Å². The Labute approximate surface area is 142 Å². The van der Waals surface area contributed by atoms with Crippen LogP contribution >= 0.6 is 0 Å². The zero-order valence-electron chi connectivity index (χ0n) is 13.9. The highest BCUT2D eigenvalue weighted by Gasteiger charge is 2.42. The van der Waals surface area contributed by atoms with Crippen molar-refractivity contribution >= 4 is 21.8 Å². The molecule has 0 N–H and O–H groups in total. The standard InChI is InChI=1S/C17H22N2O4S/c1-12-7-9-13(10-8-12)18(2)16(20)11-19-17(21)14-5-3-4-6-15(14)24(19,22)23/h3-6,12-13H,7-11H2,1-2H3. The molecule has 24 heavy (non-hydrogen) atoms. The summed E-state index contributed by atoms with van der Waals surface area (Å²) in [5, 5.41) is 0. The first-order valence-corrected chi connectivity index (χ1v) is 9.68. The van der Waals surface area contributed by atoms with Crippen molar-refractivity contribution in [1.29, 1.82) is 0 Å². The maximum Gasteiger partial charge on any atom is 0.269 e. The van der Waals surface area contributed by atoms with Gasteiger partial charge in [-0.25, -0.2) is 12.7 Å². The van der Waals surface area contributed by atoms with E-state index in [9.17, 15) is 18.0 Å². The number of hydrogen-bond acceptors (Lipinski definition) is 4. The van der Waals surface area contributed by atoms with E-state index < -0.39 is 22.5 Å². The second-order valence-electron chi connectivity index (χ2n) is 6.73. The topological polar surface area (TPSA) is 74.8 Å². The lowest BCUT2D eigenvalue weighted by molar-refractivity contribution is -0.132. The van der Waals surface area contributed by atoms with Gasteiger partial charge >= 0.3 is 0 Å². The molecule has 0 radical (unpaired) electrons. The summed E-state index contributed by atoms with van der Waals surface area (Å²) in [6, 6.07) is 6.19. The number of carbonyl (C=O) groups is 2. The van der Waals surface area contributed by atoms with Crippen LogP contribution in [0.4, 0.5) is 0 Å². The molecule has 1 saturated carbocycles. The SMILES string of the molecule is CC1CCC(N(C)C(=O)CN2C(=O)c3ccccc3S2(=O)=O)CC1. The second kappa shape index (κ2) is 6.20. The minimum absolute atomic E-state index is 0.0167. The number of fused-ring (bicyclic) bond motifs is 1. The van der Waals surface area contributed by atoms with Gasteiger partial charge in [-0.1, -0.05) is 19.1 Å². The molecule has 0 spiro atoms. The van der Waals surface area contributed by atoms with Gasteiger partial charge in [0.25, 0.3) is 15.9 Å². The summed E-state index contributed by atoms with van der Waals surface area (Å²) in [6.07, 6.45) is 3.97. The number of likely N-dealkylation sites (N-methyl/N-ethyl adjacent to an activating group) is 1. The van der Waals surface area contributed by atoms with Crippen LogP contribution in [0, 0.1) is 5.92 Å². The van der Waals surface area contributed by atoms with Crippen molar-refractivity contribution < 1.29 is 18.0 Å². The van der Waals surface area contributed by atoms with Crippen molar-refractivity contribution in [2.45, 2.75) is 43.5 Å². The normalized spacial score (nSPS) is 25.4. The lowest BCUT2D eigenvalue weighted by Gasteiger charge is -2.34. The third-order valence-corrected chi connectivity index (χ3v) is 6.90. The highest BCUT2D eigenvalue weighted by atomic mass is 32.2. The number of carbonyl (C=O) groups excluding carboxylic acids is 2. The average Bonchev–Trinajstić information content (AvgIpc) is 2.76. The molecule has 1 aromatic carbocycles. The lowest BCUT2D eigenvalue weighted by Crippen LogP contribution is -2.46. The van der Waals surface area contributed by atoms with Gasteiger partial charge in [-0.2, -0.15) is 0 Å². The fourth-order valence-electron chi connectivity index (χ4n) is 3.46. The summed E-state index contributed by atoms with van der Waals surface area (Å²) in [4.78, 5) is 26.5. The van der Waals surface area contributed by atoms with E-state index in [1.807, 2.05) is 0 Å². The highest BCUT2D eigenvalue weighted by molar-refractivity contribution is 7.90. The molecular formula is C17H22N2O4S. The van der Waals surface area contributed by atoms with Crippen LogP contribution in [0.2, 0.25) is 0 Å². The predicted octanol–water partition coefficient (Wildman–Crippen LogP) is 1.87. The van der Waals surface area contributed by atoms with Crippen LogP contribution in [-0.4, -0.2) is 49.1 Å². The Morgan fingerprint density at radius 3 is 2.46 bits per heavy atom. The molecular weight excluding hydrogens is 328 g/mol. The third kappa shape index (κ3) is 2.81. The van der Waals surface area contributed by atoms with Gasteiger partial charge in [0.2, 0.25) is 5.91 Å². The molecule has 0 bridgehead atoms. The summed E-state index contributed by atoms with van der Waals surface area (Å²) in [7, 11) is -2.23. The second-order valence-corrected chi connectivity index (χ2v) is 8.56. The average molecular weight is 350 g/mol. The van der Waals surface area contributed by atoms with Crippen molar-refractivity contribution in [1.82, 2.24) is 9.21 Å². The van der Waals surface area contributed by atoms with E-state index in [2.05, 4.69) is 6.92 Å². The van der Waals surface area contributed by atoms with Crippen molar-refractivity contribution in [3.63, 3.8) is 0 Å². The molecule has 3 rings (SSSR count). The van der Waals surface area contributed by atoms with E-state index >= 15 is 0 Å². The van der Waals surface area contributed by atoms with E-state index in [4.69, 9.17) is 0 Å². The maximum atomic E-state index is 12.5. The fourth-order valence-corrected chi connectivity index (χ4v) is 4.97. The molecule has 130 valence electrons. The molecule has 1 heterocycles. The number of sulfonamides is 1. The molecule has 6 nitrogen and oxygen atoms in total. The Morgan fingerprint density at radius 2 is 1.83 bits per heavy atom. The Morgan fingerprint density at radius 1 is 1.21 bits per heavy atom. The van der Waals surface area contributed by atoms with Gasteiger partial charge in [0.05, 0.1) is 5.56 Å². The number of amides is 2. The van der Waals surface area contributed by atoms with E-state index in [-0.39, 0.29) is 22.4 Å². The monoisotopic (exact) mass is 350 g/mol. The number of nitrogens with zero attached hydrogens (tertiary/aromatic N) is 2. The van der Waals surface area contributed by atoms with Crippen LogP contribution in [-0.2, 0) is 14.8 Å². The van der Waals surface area contributed by atoms with E-state index in [1.54, 1.807) is 24.1 Å². The number of benzene rings is 1. The van der Waals surface area contributed by atoms with E-state index in [0.717, 1.165) is 25.7 Å². The maximum absolute atomic E-state index is 12.5. The summed E-state index contributed by atoms with van der Waals surface area (Å²) >= 11 is 0. The summed E-state index contributed by atoms with van der Waals surface area (Å²) in [5.41, 5.74) is 0.138. The number of rotatable bonds is 3. The minimum Gasteiger partial charge on any atom is -0.341 e. The zero-order chi connectivity index (χ0) is 17.5. The first kappa shape index (κ1) is 17.0. The van der Waals surface area contributed by atoms with Gasteiger partial charge in [0, 0.05) is 13.1 Å². The van der Waals surface area contributed by atoms with Gasteiger partial charge in [0.1, 0.15) is 11.4 Å². The Bertz CT molecular complexity index is 767. The zero-order valence-corrected chi connectivity index (χ0v) is 14.8. The largest absolute Gasteiger partial charge is 0.341 e. The quantitative estimate of drug-likeness (QED) is 0.834. The fraction of sp³-hybridized carbons (Fsp3) is 0.529. The van der Waals surface area contributed by atoms with Crippen LogP contribution < -0.4 is 0 Å². The summed E-state index contributed by atoms with van der Waals surface area (Å²) in [5.74, 6) is -0.288. The van der Waals surface area contributed by atoms with Crippen LogP contribution in [0.3, 0.4) is 0 Å². The first-order chi connectivity index (χ1) is 11.3. The Balaban J connectivity index is 1.74. The van der Waals surface area contributed by atoms with Crippen LogP contribution in [0.5, 0.6) is 0 Å². The van der Waals surface area contributed by atoms with Crippen molar-refractivity contribution in [3.8, 4) is 0 Å². The van der Waals surface area contributed by atoms with Gasteiger partial charge in [-0.15, -0.1) is 0 Å². The molecule has 1 aromatic rings. The van der Waals surface area contributed by atoms with Crippen molar-refractivity contribution in [3.05, 3.63) is 29.8 Å². The van der Waals surface area contributed by atoms with Gasteiger partial charge in [-0.05, 0) is 43.7 Å². The molecule has 1 fully saturated rings. The Kier molecular flexibility index (Phi) is 4.38. The van der Waals surface area contributed by atoms with Crippen LogP contribution in [0.1, 0.15) is 43.0 Å². The molecule has 2 amide bonds. The molecule has 2 aliphatic rings. The van der Waals surface area contributed by atoms with Crippen LogP contribution in [0.25, 0.3) is 0 Å². The van der Waals surface area contributed by atoms with E-state index in [0.29, 0.717) is 10.2 Å². The lowest BCUT2D eigenvalue weighted by atomic mass is 9.87. The summed E-state index contributed by atoms with van der Waals surface area (Å²) < 4.78 is 25.7. The number of hydrogen-bond donors (Lipinski definition) is 0. The summed E-state index contributed by atoms with van der Waals surface area (Å²) in [6.45, 7) is 1.77. The highest BCUT2D eigenvalue weighted by Crippen LogP contribution is 2.30. The molecule has 0 atom stereocenters. The minimum atomic E-state index is -3.93. The van der Waals surface area contributed by atoms with Gasteiger partial charge in [0.15, 0.2) is 0 Å². The van der Waals surface area contributed by atoms with E-state index in [1.165, 1.54) is 12.1 Å². The van der Waals surface area contributed by atoms with Crippen molar-refractivity contribution in [2.24, 2.45) is 5.92 Å². The molecule has 7 heteroatoms. The molecule has 0 saturated heterocycles. The Hall–Kier alpha value is -1.89. The van der Waals surface area contributed by atoms with Gasteiger partial charge < -0.3 is 4.90 Å². The molecule has 0 unspecified atom stereocenters. The van der Waals surface area contributed by atoms with Gasteiger partial charge in [-0.3, -0.25) is 9.59 Å². The smallest absolute Gasteiger partial charge is 0.269 e. The molecule has 1 aliphatic heterocycles. The first-order valence-electron chi connectivity index (χ1n) is 8.24. The molecule has 0 aromatic heterocycles. The predicted molar refractivity (Wildman–Crippen MR) is 88.9 cm³/mol.